The Kier molecular flexibility index (Phi) is 6.46. The molecule has 0 atom stereocenters. The van der Waals surface area contributed by atoms with E-state index in [9.17, 15) is 17.2 Å². The van der Waals surface area contributed by atoms with Crippen LogP contribution in [0.15, 0.2) is 23.1 Å². The molecule has 0 saturated heterocycles. The van der Waals surface area contributed by atoms with Crippen LogP contribution in [0.25, 0.3) is 0 Å². The van der Waals surface area contributed by atoms with Gasteiger partial charge in [0.25, 0.3) is 6.43 Å². The van der Waals surface area contributed by atoms with Crippen molar-refractivity contribution in [2.45, 2.75) is 11.3 Å². The van der Waals surface area contributed by atoms with E-state index < -0.39 is 23.0 Å². The average molecular weight is 397 g/mol. The van der Waals surface area contributed by atoms with Gasteiger partial charge in [-0.15, -0.1) is 0 Å². The molecule has 0 aliphatic rings. The number of rotatable bonds is 6. The quantitative estimate of drug-likeness (QED) is 0.688. The Bertz CT molecular complexity index is 522. The maximum Gasteiger partial charge on any atom is 0.252 e. The lowest BCUT2D eigenvalue weighted by Crippen LogP contribution is -2.36. The Morgan fingerprint density at radius 2 is 1.74 bits per heavy atom. The van der Waals surface area contributed by atoms with Crippen LogP contribution in [-0.4, -0.2) is 37.6 Å². The van der Waals surface area contributed by atoms with Gasteiger partial charge in [0.05, 0.1) is 11.4 Å². The molecular weight excluding hydrogens is 387 g/mol. The van der Waals surface area contributed by atoms with Crippen LogP contribution >= 0.6 is 39.1 Å². The molecule has 0 fully saturated rings. The maximum atomic E-state index is 12.4. The summed E-state index contributed by atoms with van der Waals surface area (Å²) in [5.74, 6) is 0. The average Bonchev–Trinajstić information content (AvgIpc) is 2.26. The Morgan fingerprint density at radius 3 is 2.16 bits per heavy atom. The topological polar surface area (TPSA) is 37.4 Å². The third-order valence-electron chi connectivity index (χ3n) is 2.15. The van der Waals surface area contributed by atoms with Crippen LogP contribution in [0, 0.1) is 0 Å². The number of benzene rings is 1. The molecule has 3 nitrogen and oxygen atoms in total. The first-order valence-electron chi connectivity index (χ1n) is 5.07. The molecule has 0 aliphatic carbocycles. The summed E-state index contributed by atoms with van der Waals surface area (Å²) < 4.78 is 50.0. The predicted octanol–water partition coefficient (Wildman–Crippen LogP) is 3.64. The molecule has 1 rings (SSSR count). The van der Waals surface area contributed by atoms with E-state index in [0.29, 0.717) is 4.31 Å². The second-order valence-corrected chi connectivity index (χ2v) is 7.15. The van der Waals surface area contributed by atoms with Crippen molar-refractivity contribution < 1.29 is 17.2 Å². The van der Waals surface area contributed by atoms with Gasteiger partial charge in [-0.3, -0.25) is 0 Å². The van der Waals surface area contributed by atoms with E-state index >= 15 is 0 Å². The molecule has 0 amide bonds. The van der Waals surface area contributed by atoms with Crippen LogP contribution < -0.4 is 0 Å². The summed E-state index contributed by atoms with van der Waals surface area (Å²) in [6.45, 7) is -0.950. The van der Waals surface area contributed by atoms with Crippen LogP contribution in [-0.2, 0) is 10.0 Å². The summed E-state index contributed by atoms with van der Waals surface area (Å²) in [6.07, 6.45) is -2.76. The number of alkyl halides is 3. The molecule has 1 aromatic carbocycles. The van der Waals surface area contributed by atoms with E-state index in [2.05, 4.69) is 15.9 Å². The van der Waals surface area contributed by atoms with Gasteiger partial charge in [0, 0.05) is 21.9 Å². The third kappa shape index (κ3) is 4.82. The van der Waals surface area contributed by atoms with E-state index in [1.807, 2.05) is 0 Å². The summed E-state index contributed by atoms with van der Waals surface area (Å²) >= 11 is 14.5. The maximum absolute atomic E-state index is 12.4. The van der Waals surface area contributed by atoms with E-state index in [-0.39, 0.29) is 26.8 Å². The number of sulfonamides is 1. The van der Waals surface area contributed by atoms with Crippen molar-refractivity contribution in [3.63, 3.8) is 0 Å². The summed E-state index contributed by atoms with van der Waals surface area (Å²) in [5.41, 5.74) is 0. The van der Waals surface area contributed by atoms with Crippen molar-refractivity contribution in [2.75, 3.05) is 18.4 Å². The zero-order valence-electron chi connectivity index (χ0n) is 9.49. The zero-order valence-corrected chi connectivity index (χ0v) is 13.4. The first-order chi connectivity index (χ1) is 8.77. The molecule has 1 aromatic rings. The SMILES string of the molecule is O=S(=O)(c1cc(Cl)cc(Cl)c1)N(CCBr)CC(F)F. The summed E-state index contributed by atoms with van der Waals surface area (Å²) in [7, 11) is -4.05. The highest BCUT2D eigenvalue weighted by molar-refractivity contribution is 9.09. The van der Waals surface area contributed by atoms with Crippen LogP contribution in [0.4, 0.5) is 8.78 Å². The second kappa shape index (κ2) is 7.17. The molecule has 0 N–H and O–H groups in total. The van der Waals surface area contributed by atoms with Gasteiger partial charge in [-0.25, -0.2) is 17.2 Å². The summed E-state index contributed by atoms with van der Waals surface area (Å²) in [6, 6.07) is 3.72. The molecule has 0 bridgehead atoms. The highest BCUT2D eigenvalue weighted by Gasteiger charge is 2.27. The van der Waals surface area contributed by atoms with E-state index in [0.717, 1.165) is 0 Å². The molecule has 0 saturated carbocycles. The molecular formula is C10H10BrCl2F2NO2S. The van der Waals surface area contributed by atoms with Crippen molar-refractivity contribution in [3.8, 4) is 0 Å². The standard InChI is InChI=1S/C10H10BrCl2F2NO2S/c11-1-2-16(6-10(14)15)19(17,18)9-4-7(12)3-8(13)5-9/h3-5,10H,1-2,6H2. The highest BCUT2D eigenvalue weighted by Crippen LogP contribution is 2.25. The van der Waals surface area contributed by atoms with E-state index in [1.165, 1.54) is 18.2 Å². The van der Waals surface area contributed by atoms with Gasteiger partial charge in [-0.1, -0.05) is 39.1 Å². The van der Waals surface area contributed by atoms with Gasteiger partial charge in [0.15, 0.2) is 0 Å². The van der Waals surface area contributed by atoms with Crippen molar-refractivity contribution in [1.82, 2.24) is 4.31 Å². The Hall–Kier alpha value is 0.0500. The minimum Gasteiger partial charge on any atom is -0.209 e. The smallest absolute Gasteiger partial charge is 0.209 e. The minimum absolute atomic E-state index is 0.0726. The minimum atomic E-state index is -4.05. The molecule has 0 heterocycles. The van der Waals surface area contributed by atoms with Crippen molar-refractivity contribution >= 4 is 49.2 Å². The van der Waals surface area contributed by atoms with Crippen LogP contribution in [0.3, 0.4) is 0 Å². The van der Waals surface area contributed by atoms with Crippen molar-refractivity contribution in [3.05, 3.63) is 28.2 Å². The van der Waals surface area contributed by atoms with Gasteiger partial charge in [-0.2, -0.15) is 4.31 Å². The molecule has 9 heteroatoms. The van der Waals surface area contributed by atoms with E-state index in [1.54, 1.807) is 0 Å². The lowest BCUT2D eigenvalue weighted by molar-refractivity contribution is 0.121. The summed E-state index contributed by atoms with van der Waals surface area (Å²) in [4.78, 5) is -0.202. The Balaban J connectivity index is 3.18. The fourth-order valence-electron chi connectivity index (χ4n) is 1.38. The van der Waals surface area contributed by atoms with Crippen molar-refractivity contribution in [2.24, 2.45) is 0 Å². The number of hydrogen-bond donors (Lipinski definition) is 0. The lowest BCUT2D eigenvalue weighted by atomic mass is 10.4. The van der Waals surface area contributed by atoms with Crippen LogP contribution in [0.1, 0.15) is 0 Å². The van der Waals surface area contributed by atoms with Gasteiger partial charge in [-0.05, 0) is 18.2 Å². The number of hydrogen-bond acceptors (Lipinski definition) is 2. The number of halogens is 5. The predicted molar refractivity (Wildman–Crippen MR) is 75.0 cm³/mol. The van der Waals surface area contributed by atoms with Gasteiger partial charge >= 0.3 is 0 Å². The first-order valence-corrected chi connectivity index (χ1v) is 8.39. The molecule has 108 valence electrons. The molecule has 0 aliphatic heterocycles. The number of nitrogens with zero attached hydrogens (tertiary/aromatic N) is 1. The van der Waals surface area contributed by atoms with E-state index in [4.69, 9.17) is 23.2 Å². The second-order valence-electron chi connectivity index (χ2n) is 3.55. The Labute approximate surface area is 128 Å². The fourth-order valence-corrected chi connectivity index (χ4v) is 4.19. The van der Waals surface area contributed by atoms with Gasteiger partial charge < -0.3 is 0 Å². The first kappa shape index (κ1) is 17.1. The van der Waals surface area contributed by atoms with Crippen molar-refractivity contribution in [1.29, 1.82) is 0 Å². The zero-order chi connectivity index (χ0) is 14.6. The molecule has 0 radical (unpaired) electrons. The van der Waals surface area contributed by atoms with Crippen LogP contribution in [0.2, 0.25) is 10.0 Å². The van der Waals surface area contributed by atoms with Crippen LogP contribution in [0.5, 0.6) is 0 Å². The van der Waals surface area contributed by atoms with Gasteiger partial charge in [0.1, 0.15) is 0 Å². The summed E-state index contributed by atoms with van der Waals surface area (Å²) in [5, 5.41) is 0.497. The highest BCUT2D eigenvalue weighted by atomic mass is 79.9. The molecule has 0 spiro atoms. The lowest BCUT2D eigenvalue weighted by Gasteiger charge is -2.21. The largest absolute Gasteiger partial charge is 0.252 e. The monoisotopic (exact) mass is 395 g/mol. The Morgan fingerprint density at radius 1 is 1.21 bits per heavy atom. The van der Waals surface area contributed by atoms with Gasteiger partial charge in [0.2, 0.25) is 10.0 Å². The molecule has 0 unspecified atom stereocenters. The fraction of sp³-hybridized carbons (Fsp3) is 0.400. The molecule has 0 aromatic heterocycles. The third-order valence-corrected chi connectivity index (χ3v) is 4.78. The molecule has 19 heavy (non-hydrogen) atoms. The normalized spacial score (nSPS) is 12.4.